The molecule has 0 saturated carbocycles. The highest BCUT2D eigenvalue weighted by molar-refractivity contribution is 7.17. The van der Waals surface area contributed by atoms with Gasteiger partial charge in [-0.15, -0.1) is 11.3 Å². The third-order valence-electron chi connectivity index (χ3n) is 3.55. The van der Waals surface area contributed by atoms with Crippen molar-refractivity contribution in [2.45, 2.75) is 19.6 Å². The Balaban J connectivity index is 1.60. The van der Waals surface area contributed by atoms with Crippen molar-refractivity contribution in [1.82, 2.24) is 19.9 Å². The summed E-state index contributed by atoms with van der Waals surface area (Å²) in [6.07, 6.45) is 2.20. The van der Waals surface area contributed by atoms with Gasteiger partial charge in [0, 0.05) is 6.42 Å². The normalized spacial score (nSPS) is 14.0. The first kappa shape index (κ1) is 13.4. The average Bonchev–Trinajstić information content (AvgIpc) is 3.02. The van der Waals surface area contributed by atoms with Crippen molar-refractivity contribution >= 4 is 27.4 Å². The van der Waals surface area contributed by atoms with E-state index in [0.29, 0.717) is 37.6 Å². The number of thiophene rings is 1. The lowest BCUT2D eigenvalue weighted by Crippen LogP contribution is -2.26. The van der Waals surface area contributed by atoms with Crippen molar-refractivity contribution in [1.29, 1.82) is 0 Å². The molecule has 4 rings (SSSR count). The lowest BCUT2D eigenvalue weighted by atomic mass is 10.1. The molecule has 0 atom stereocenters. The van der Waals surface area contributed by atoms with Gasteiger partial charge in [0.2, 0.25) is 0 Å². The number of fused-ring (bicyclic) bond motifs is 2. The van der Waals surface area contributed by atoms with Crippen LogP contribution in [0, 0.1) is 0 Å². The van der Waals surface area contributed by atoms with Gasteiger partial charge in [0.25, 0.3) is 5.56 Å². The van der Waals surface area contributed by atoms with Crippen LogP contribution in [0.1, 0.15) is 17.1 Å². The van der Waals surface area contributed by atoms with Gasteiger partial charge in [-0.2, -0.15) is 0 Å². The van der Waals surface area contributed by atoms with Gasteiger partial charge in [-0.25, -0.2) is 15.0 Å². The highest BCUT2D eigenvalue weighted by Gasteiger charge is 2.16. The van der Waals surface area contributed by atoms with Crippen molar-refractivity contribution in [2.75, 3.05) is 11.9 Å². The molecule has 1 aliphatic rings. The van der Waals surface area contributed by atoms with Crippen molar-refractivity contribution in [2.24, 2.45) is 0 Å². The molecule has 3 aromatic heterocycles. The predicted molar refractivity (Wildman–Crippen MR) is 83.0 cm³/mol. The lowest BCUT2D eigenvalue weighted by Gasteiger charge is -2.15. The van der Waals surface area contributed by atoms with Crippen LogP contribution in [0.25, 0.3) is 10.2 Å². The Hall–Kier alpha value is -2.32. The summed E-state index contributed by atoms with van der Waals surface area (Å²) in [7, 11) is 0. The molecule has 0 aromatic carbocycles. The van der Waals surface area contributed by atoms with Crippen LogP contribution in [0.15, 0.2) is 22.6 Å². The molecular formula is C14H13N5O2S. The lowest BCUT2D eigenvalue weighted by molar-refractivity contribution is 0.108. The van der Waals surface area contributed by atoms with E-state index in [2.05, 4.69) is 25.3 Å². The molecule has 0 amide bonds. The first-order valence-corrected chi connectivity index (χ1v) is 7.80. The van der Waals surface area contributed by atoms with Gasteiger partial charge >= 0.3 is 0 Å². The van der Waals surface area contributed by atoms with Crippen LogP contribution < -0.4 is 10.9 Å². The van der Waals surface area contributed by atoms with Crippen LogP contribution in [0.5, 0.6) is 0 Å². The highest BCUT2D eigenvalue weighted by Crippen LogP contribution is 2.24. The summed E-state index contributed by atoms with van der Waals surface area (Å²) < 4.78 is 6.29. The van der Waals surface area contributed by atoms with Crippen molar-refractivity contribution < 1.29 is 4.74 Å². The molecule has 0 aliphatic carbocycles. The van der Waals surface area contributed by atoms with E-state index >= 15 is 0 Å². The van der Waals surface area contributed by atoms with Gasteiger partial charge in [0.15, 0.2) is 0 Å². The minimum atomic E-state index is -0.120. The van der Waals surface area contributed by atoms with E-state index in [4.69, 9.17) is 4.74 Å². The molecule has 0 spiro atoms. The van der Waals surface area contributed by atoms with E-state index in [1.807, 2.05) is 11.4 Å². The largest absolute Gasteiger partial charge is 0.376 e. The molecule has 0 unspecified atom stereocenters. The Kier molecular flexibility index (Phi) is 3.32. The Labute approximate surface area is 129 Å². The van der Waals surface area contributed by atoms with Crippen LogP contribution in [0.2, 0.25) is 0 Å². The zero-order valence-electron chi connectivity index (χ0n) is 11.6. The molecule has 0 saturated heterocycles. The van der Waals surface area contributed by atoms with Gasteiger partial charge in [-0.3, -0.25) is 4.79 Å². The third-order valence-corrected chi connectivity index (χ3v) is 4.46. The first-order chi connectivity index (χ1) is 10.8. The number of nitrogens with one attached hydrogen (secondary N) is 2. The summed E-state index contributed by atoms with van der Waals surface area (Å²) in [5, 5.41) is 5.20. The second-order valence-electron chi connectivity index (χ2n) is 4.95. The van der Waals surface area contributed by atoms with Gasteiger partial charge < -0.3 is 15.0 Å². The molecule has 3 aromatic rings. The third kappa shape index (κ3) is 2.36. The summed E-state index contributed by atoms with van der Waals surface area (Å²) in [4.78, 5) is 27.8. The summed E-state index contributed by atoms with van der Waals surface area (Å²) in [5.74, 6) is 1.36. The Morgan fingerprint density at radius 2 is 2.36 bits per heavy atom. The summed E-state index contributed by atoms with van der Waals surface area (Å²) >= 11 is 1.58. The number of anilines is 1. The minimum absolute atomic E-state index is 0.120. The number of ether oxygens (including phenoxy) is 1. The van der Waals surface area contributed by atoms with Gasteiger partial charge in [0.1, 0.15) is 18.0 Å². The summed E-state index contributed by atoms with van der Waals surface area (Å²) in [6, 6.07) is 1.95. The zero-order chi connectivity index (χ0) is 14.9. The average molecular weight is 315 g/mol. The fourth-order valence-corrected chi connectivity index (χ4v) is 3.27. The highest BCUT2D eigenvalue weighted by atomic mass is 32.1. The Morgan fingerprint density at radius 3 is 3.32 bits per heavy atom. The fourth-order valence-electron chi connectivity index (χ4n) is 2.46. The summed E-state index contributed by atoms with van der Waals surface area (Å²) in [6.45, 7) is 1.36. The predicted octanol–water partition coefficient (Wildman–Crippen LogP) is 1.46. The Bertz CT molecular complexity index is 888. The van der Waals surface area contributed by atoms with E-state index in [-0.39, 0.29) is 5.56 Å². The maximum Gasteiger partial charge on any atom is 0.256 e. The fraction of sp³-hybridized carbons (Fsp3) is 0.286. The van der Waals surface area contributed by atoms with E-state index in [9.17, 15) is 4.79 Å². The van der Waals surface area contributed by atoms with Crippen LogP contribution in [-0.4, -0.2) is 26.5 Å². The number of hydrogen-bond donors (Lipinski definition) is 2. The minimum Gasteiger partial charge on any atom is -0.376 e. The number of H-pyrrole nitrogens is 1. The van der Waals surface area contributed by atoms with Crippen LogP contribution >= 0.6 is 11.3 Å². The molecule has 2 N–H and O–H groups in total. The summed E-state index contributed by atoms with van der Waals surface area (Å²) in [5.41, 5.74) is 2.26. The first-order valence-electron chi connectivity index (χ1n) is 6.92. The molecule has 0 fully saturated rings. The number of aromatic amines is 1. The van der Waals surface area contributed by atoms with E-state index in [1.54, 1.807) is 11.3 Å². The quantitative estimate of drug-likeness (QED) is 0.760. The molecule has 7 nitrogen and oxygen atoms in total. The second kappa shape index (κ2) is 5.47. The monoisotopic (exact) mass is 315 g/mol. The van der Waals surface area contributed by atoms with Crippen LogP contribution in [0.3, 0.4) is 0 Å². The van der Waals surface area contributed by atoms with Gasteiger partial charge in [0.05, 0.1) is 41.2 Å². The maximum atomic E-state index is 12.0. The molecule has 8 heteroatoms. The Morgan fingerprint density at radius 1 is 1.41 bits per heavy atom. The second-order valence-corrected chi connectivity index (χ2v) is 5.87. The van der Waals surface area contributed by atoms with Crippen LogP contribution in [-0.2, 0) is 24.3 Å². The molecule has 0 bridgehead atoms. The number of nitrogens with zero attached hydrogens (tertiary/aromatic N) is 3. The van der Waals surface area contributed by atoms with Crippen molar-refractivity contribution in [3.05, 3.63) is 45.2 Å². The molecular weight excluding hydrogens is 302 g/mol. The molecule has 22 heavy (non-hydrogen) atoms. The van der Waals surface area contributed by atoms with Crippen LogP contribution in [0.4, 0.5) is 5.82 Å². The zero-order valence-corrected chi connectivity index (χ0v) is 12.4. The van der Waals surface area contributed by atoms with Crippen molar-refractivity contribution in [3.8, 4) is 0 Å². The molecule has 4 heterocycles. The maximum absolute atomic E-state index is 12.0. The SMILES string of the molecule is O=c1[nH]c(CNc2ncnc3ccsc23)nc2c1COCC2. The van der Waals surface area contributed by atoms with Crippen molar-refractivity contribution in [3.63, 3.8) is 0 Å². The molecule has 0 radical (unpaired) electrons. The molecule has 112 valence electrons. The van der Waals surface area contributed by atoms with Gasteiger partial charge in [-0.1, -0.05) is 0 Å². The number of aromatic nitrogens is 4. The topological polar surface area (TPSA) is 92.8 Å². The van der Waals surface area contributed by atoms with E-state index in [0.717, 1.165) is 21.7 Å². The standard InChI is InChI=1S/C14H13N5O2S/c20-14-8-6-21-3-1-9(8)18-11(19-14)5-15-13-12-10(2-4-22-12)16-7-17-13/h2,4,7H,1,3,5-6H2,(H,15,16,17)(H,18,19,20). The van der Waals surface area contributed by atoms with E-state index < -0.39 is 0 Å². The smallest absolute Gasteiger partial charge is 0.256 e. The van der Waals surface area contributed by atoms with Gasteiger partial charge in [-0.05, 0) is 11.4 Å². The van der Waals surface area contributed by atoms with E-state index in [1.165, 1.54) is 6.33 Å². The number of hydrogen-bond acceptors (Lipinski definition) is 7. The number of rotatable bonds is 3. The molecule has 1 aliphatic heterocycles.